The van der Waals surface area contributed by atoms with E-state index < -0.39 is 0 Å². The monoisotopic (exact) mass is 401 g/mol. The predicted molar refractivity (Wildman–Crippen MR) is 118 cm³/mol. The number of hydrogen-bond donors (Lipinski definition) is 2. The first-order chi connectivity index (χ1) is 13.4. The van der Waals surface area contributed by atoms with Crippen LogP contribution < -0.4 is 20.3 Å². The van der Waals surface area contributed by atoms with Gasteiger partial charge in [0, 0.05) is 37.0 Å². The maximum atomic E-state index is 5.50. The molecule has 0 aliphatic carbocycles. The van der Waals surface area contributed by atoms with Crippen LogP contribution in [0, 0.1) is 0 Å². The predicted octanol–water partition coefficient (Wildman–Crippen LogP) is 3.39. The van der Waals surface area contributed by atoms with E-state index in [9.17, 15) is 0 Å². The lowest BCUT2D eigenvalue weighted by Gasteiger charge is -2.22. The second-order valence-corrected chi connectivity index (χ2v) is 8.99. The Bertz CT molecular complexity index is 811. The van der Waals surface area contributed by atoms with E-state index in [-0.39, 0.29) is 5.41 Å². The molecule has 0 bridgehead atoms. The van der Waals surface area contributed by atoms with Crippen molar-refractivity contribution in [3.8, 4) is 5.75 Å². The third-order valence-electron chi connectivity index (χ3n) is 4.91. The fourth-order valence-electron chi connectivity index (χ4n) is 3.27. The quantitative estimate of drug-likeness (QED) is 0.594. The molecule has 6 nitrogen and oxygen atoms in total. The Morgan fingerprint density at radius 1 is 1.36 bits per heavy atom. The largest absolute Gasteiger partial charge is 0.495 e. The van der Waals surface area contributed by atoms with Gasteiger partial charge in [-0.05, 0) is 18.6 Å². The summed E-state index contributed by atoms with van der Waals surface area (Å²) in [4.78, 5) is 11.5. The topological polar surface area (TPSA) is 61.8 Å². The van der Waals surface area contributed by atoms with Gasteiger partial charge < -0.3 is 20.3 Å². The number of thiazole rings is 1. The van der Waals surface area contributed by atoms with Crippen molar-refractivity contribution in [2.45, 2.75) is 45.2 Å². The molecule has 1 aromatic heterocycles. The van der Waals surface area contributed by atoms with Gasteiger partial charge in [0.1, 0.15) is 10.8 Å². The fourth-order valence-corrected chi connectivity index (χ4v) is 4.23. The Labute approximate surface area is 172 Å². The summed E-state index contributed by atoms with van der Waals surface area (Å²) in [5.74, 6) is 1.74. The van der Waals surface area contributed by atoms with Gasteiger partial charge in [0.15, 0.2) is 5.96 Å². The van der Waals surface area contributed by atoms with Crippen LogP contribution in [0.15, 0.2) is 34.6 Å². The van der Waals surface area contributed by atoms with Crippen molar-refractivity contribution in [3.05, 3.63) is 40.3 Å². The zero-order valence-electron chi connectivity index (χ0n) is 17.5. The molecule has 1 fully saturated rings. The number of nitrogens with zero attached hydrogens (tertiary/aromatic N) is 3. The molecule has 2 heterocycles. The third kappa shape index (κ3) is 4.95. The molecule has 0 amide bonds. The maximum Gasteiger partial charge on any atom is 0.191 e. The van der Waals surface area contributed by atoms with Gasteiger partial charge in [-0.3, -0.25) is 4.99 Å². The summed E-state index contributed by atoms with van der Waals surface area (Å²) >= 11 is 1.69. The molecule has 1 atom stereocenters. The van der Waals surface area contributed by atoms with Gasteiger partial charge in [-0.1, -0.05) is 32.9 Å². The second kappa shape index (κ2) is 8.82. The van der Waals surface area contributed by atoms with Gasteiger partial charge in [0.2, 0.25) is 0 Å². The molecule has 3 rings (SSSR count). The van der Waals surface area contributed by atoms with Crippen LogP contribution in [0.25, 0.3) is 0 Å². The summed E-state index contributed by atoms with van der Waals surface area (Å²) in [5, 5.41) is 10.2. The van der Waals surface area contributed by atoms with E-state index in [1.54, 1.807) is 18.4 Å². The van der Waals surface area contributed by atoms with E-state index in [2.05, 4.69) is 58.8 Å². The highest BCUT2D eigenvalue weighted by Gasteiger charge is 2.25. The van der Waals surface area contributed by atoms with Crippen LogP contribution in [0.5, 0.6) is 5.75 Å². The molecular weight excluding hydrogens is 370 g/mol. The number of anilines is 1. The molecule has 1 aromatic carbocycles. The second-order valence-electron chi connectivity index (χ2n) is 8.05. The van der Waals surface area contributed by atoms with E-state index >= 15 is 0 Å². The lowest BCUT2D eigenvalue weighted by atomic mass is 9.93. The molecule has 28 heavy (non-hydrogen) atoms. The van der Waals surface area contributed by atoms with Crippen LogP contribution in [0.2, 0.25) is 0 Å². The van der Waals surface area contributed by atoms with Gasteiger partial charge in [-0.2, -0.15) is 0 Å². The summed E-state index contributed by atoms with van der Waals surface area (Å²) in [6.45, 7) is 9.17. The number of nitrogens with one attached hydrogen (secondary N) is 2. The van der Waals surface area contributed by atoms with Gasteiger partial charge in [-0.25, -0.2) is 4.98 Å². The maximum absolute atomic E-state index is 5.50. The zero-order valence-corrected chi connectivity index (χ0v) is 18.3. The van der Waals surface area contributed by atoms with Crippen LogP contribution in [-0.4, -0.2) is 44.2 Å². The van der Waals surface area contributed by atoms with Gasteiger partial charge in [-0.15, -0.1) is 11.3 Å². The number of benzene rings is 1. The molecule has 1 aliphatic rings. The highest BCUT2D eigenvalue weighted by atomic mass is 32.1. The molecule has 0 saturated carbocycles. The molecule has 2 aromatic rings. The van der Waals surface area contributed by atoms with Crippen molar-refractivity contribution in [1.82, 2.24) is 15.6 Å². The standard InChI is InChI=1S/C21H31N5OS/c1-21(2,3)18-14-28-19(25-18)12-23-20(22-4)24-15-10-11-26(13-15)16-8-6-7-9-17(16)27-5/h6-9,14-15H,10-13H2,1-5H3,(H2,22,23,24). The Morgan fingerprint density at radius 2 is 2.14 bits per heavy atom. The number of aromatic nitrogens is 1. The van der Waals surface area contributed by atoms with Crippen LogP contribution >= 0.6 is 11.3 Å². The number of ether oxygens (including phenoxy) is 1. The molecule has 0 radical (unpaired) electrons. The zero-order chi connectivity index (χ0) is 20.1. The van der Waals surface area contributed by atoms with E-state index in [0.717, 1.165) is 47.6 Å². The number of methoxy groups -OCH3 is 1. The smallest absolute Gasteiger partial charge is 0.191 e. The third-order valence-corrected chi connectivity index (χ3v) is 5.75. The van der Waals surface area contributed by atoms with E-state index in [1.807, 2.05) is 19.2 Å². The molecule has 1 aliphatic heterocycles. The van der Waals surface area contributed by atoms with Crippen LogP contribution in [0.4, 0.5) is 5.69 Å². The highest BCUT2D eigenvalue weighted by Crippen LogP contribution is 2.30. The first-order valence-electron chi connectivity index (χ1n) is 9.70. The summed E-state index contributed by atoms with van der Waals surface area (Å²) < 4.78 is 5.50. The summed E-state index contributed by atoms with van der Waals surface area (Å²) in [6, 6.07) is 8.53. The minimum atomic E-state index is 0.0838. The van der Waals surface area contributed by atoms with Crippen molar-refractivity contribution in [1.29, 1.82) is 0 Å². The van der Waals surface area contributed by atoms with Crippen LogP contribution in [0.1, 0.15) is 37.9 Å². The number of hydrogen-bond acceptors (Lipinski definition) is 5. The minimum Gasteiger partial charge on any atom is -0.495 e. The van der Waals surface area contributed by atoms with Crippen molar-refractivity contribution < 1.29 is 4.74 Å². The van der Waals surface area contributed by atoms with Crippen molar-refractivity contribution in [2.75, 3.05) is 32.1 Å². The number of aliphatic imine (C=N–C) groups is 1. The Balaban J connectivity index is 1.54. The van der Waals surface area contributed by atoms with Gasteiger partial charge in [0.05, 0.1) is 25.0 Å². The lowest BCUT2D eigenvalue weighted by Crippen LogP contribution is -2.44. The molecule has 0 spiro atoms. The summed E-state index contributed by atoms with van der Waals surface area (Å²) in [5.41, 5.74) is 2.37. The van der Waals surface area contributed by atoms with Gasteiger partial charge >= 0.3 is 0 Å². The number of para-hydroxylation sites is 2. The Kier molecular flexibility index (Phi) is 6.44. The molecular formula is C21H31N5OS. The fraction of sp³-hybridized carbons (Fsp3) is 0.524. The van der Waals surface area contributed by atoms with E-state index in [1.165, 1.54) is 0 Å². The van der Waals surface area contributed by atoms with Gasteiger partial charge in [0.25, 0.3) is 0 Å². The molecule has 1 saturated heterocycles. The Hall–Kier alpha value is -2.28. The molecule has 1 unspecified atom stereocenters. The molecule has 2 N–H and O–H groups in total. The highest BCUT2D eigenvalue weighted by molar-refractivity contribution is 7.09. The van der Waals surface area contributed by atoms with Crippen LogP contribution in [0.3, 0.4) is 0 Å². The van der Waals surface area contributed by atoms with E-state index in [4.69, 9.17) is 9.72 Å². The lowest BCUT2D eigenvalue weighted by molar-refractivity contribution is 0.415. The number of rotatable bonds is 5. The first kappa shape index (κ1) is 20.5. The SMILES string of the molecule is CN=C(NCc1nc(C(C)(C)C)cs1)NC1CCN(c2ccccc2OC)C1. The average Bonchev–Trinajstić information content (AvgIpc) is 3.34. The normalized spacial score (nSPS) is 17.7. The first-order valence-corrected chi connectivity index (χ1v) is 10.6. The van der Waals surface area contributed by atoms with Crippen molar-refractivity contribution >= 4 is 23.0 Å². The molecule has 152 valence electrons. The minimum absolute atomic E-state index is 0.0838. The summed E-state index contributed by atoms with van der Waals surface area (Å²) in [6.07, 6.45) is 1.06. The average molecular weight is 402 g/mol. The van der Waals surface area contributed by atoms with Crippen molar-refractivity contribution in [3.63, 3.8) is 0 Å². The molecule has 7 heteroatoms. The summed E-state index contributed by atoms with van der Waals surface area (Å²) in [7, 11) is 3.53. The van der Waals surface area contributed by atoms with Crippen LogP contribution in [-0.2, 0) is 12.0 Å². The Morgan fingerprint density at radius 3 is 2.82 bits per heavy atom. The van der Waals surface area contributed by atoms with Crippen molar-refractivity contribution in [2.24, 2.45) is 4.99 Å². The van der Waals surface area contributed by atoms with E-state index in [0.29, 0.717) is 12.6 Å². The number of guanidine groups is 1.